The Bertz CT molecular complexity index is 254. The average molecular weight is 181 g/mol. The topological polar surface area (TPSA) is 50.4 Å². The molecule has 3 heteroatoms. The fraction of sp³-hybridized carbons (Fsp3) is 0.900. The molecular weight excluding hydrogens is 162 g/mol. The first-order valence-corrected chi connectivity index (χ1v) is 5.03. The second kappa shape index (κ2) is 2.47. The third-order valence-electron chi connectivity index (χ3n) is 3.62. The Morgan fingerprint density at radius 1 is 1.46 bits per heavy atom. The highest BCUT2D eigenvalue weighted by molar-refractivity contribution is 5.90. The van der Waals surface area contributed by atoms with Crippen LogP contribution in [0.15, 0.2) is 5.10 Å². The van der Waals surface area contributed by atoms with Crippen molar-refractivity contribution in [2.45, 2.75) is 51.1 Å². The lowest BCUT2D eigenvalue weighted by molar-refractivity contribution is 0.111. The molecule has 13 heavy (non-hydrogen) atoms. The van der Waals surface area contributed by atoms with Gasteiger partial charge in [-0.3, -0.25) is 0 Å². The molecule has 2 bridgehead atoms. The first kappa shape index (κ1) is 9.00. The monoisotopic (exact) mass is 181 g/mol. The third-order valence-corrected chi connectivity index (χ3v) is 3.62. The molecule has 0 amide bonds. The van der Waals surface area contributed by atoms with Crippen molar-refractivity contribution < 1.29 is 0 Å². The van der Waals surface area contributed by atoms with Crippen LogP contribution in [0.1, 0.15) is 40.0 Å². The van der Waals surface area contributed by atoms with Crippen LogP contribution in [0.4, 0.5) is 0 Å². The maximum Gasteiger partial charge on any atom is 0.0443 e. The normalized spacial score (nSPS) is 45.5. The molecule has 2 saturated heterocycles. The van der Waals surface area contributed by atoms with Crippen LogP contribution in [0, 0.1) is 5.92 Å². The minimum absolute atomic E-state index is 0.170. The van der Waals surface area contributed by atoms with Crippen LogP contribution in [-0.2, 0) is 0 Å². The second-order valence-corrected chi connectivity index (χ2v) is 5.30. The molecule has 74 valence electrons. The van der Waals surface area contributed by atoms with Gasteiger partial charge in [0.1, 0.15) is 0 Å². The lowest BCUT2D eigenvalue weighted by Crippen LogP contribution is -2.68. The van der Waals surface area contributed by atoms with E-state index >= 15 is 0 Å². The predicted octanol–water partition coefficient (Wildman–Crippen LogP) is 1.24. The number of piperidine rings is 2. The van der Waals surface area contributed by atoms with Gasteiger partial charge in [0.05, 0.1) is 0 Å². The largest absolute Gasteiger partial charge is 0.323 e. The molecule has 2 aliphatic heterocycles. The Balaban J connectivity index is 2.36. The maximum atomic E-state index is 5.43. The van der Waals surface area contributed by atoms with Crippen LogP contribution >= 0.6 is 0 Å². The number of nitrogens with one attached hydrogen (secondary N) is 1. The minimum atomic E-state index is 0.170. The van der Waals surface area contributed by atoms with Gasteiger partial charge in [0.2, 0.25) is 0 Å². The Morgan fingerprint density at radius 2 is 2.15 bits per heavy atom. The average Bonchev–Trinajstić information content (AvgIpc) is 2.00. The van der Waals surface area contributed by atoms with Gasteiger partial charge in [-0.1, -0.05) is 0 Å². The Hall–Kier alpha value is -0.570. The van der Waals surface area contributed by atoms with Crippen LogP contribution in [0.5, 0.6) is 0 Å². The van der Waals surface area contributed by atoms with E-state index in [-0.39, 0.29) is 11.1 Å². The lowest BCUT2D eigenvalue weighted by atomic mass is 9.63. The minimum Gasteiger partial charge on any atom is -0.323 e. The first-order chi connectivity index (χ1) is 5.97. The van der Waals surface area contributed by atoms with Crippen molar-refractivity contribution >= 4 is 5.71 Å². The van der Waals surface area contributed by atoms with E-state index in [1.165, 1.54) is 18.6 Å². The smallest absolute Gasteiger partial charge is 0.0443 e. The van der Waals surface area contributed by atoms with E-state index in [0.717, 1.165) is 6.42 Å². The summed E-state index contributed by atoms with van der Waals surface area (Å²) in [5, 5.41) is 7.64. The molecule has 0 aromatic carbocycles. The number of nitrogens with zero attached hydrogens (tertiary/aromatic N) is 1. The lowest BCUT2D eigenvalue weighted by Gasteiger charge is -2.55. The zero-order valence-corrected chi connectivity index (χ0v) is 8.72. The van der Waals surface area contributed by atoms with Crippen LogP contribution < -0.4 is 11.2 Å². The molecule has 2 atom stereocenters. The molecule has 3 rings (SSSR count). The van der Waals surface area contributed by atoms with Crippen molar-refractivity contribution in [2.24, 2.45) is 16.9 Å². The van der Waals surface area contributed by atoms with Crippen molar-refractivity contribution in [3.8, 4) is 0 Å². The van der Waals surface area contributed by atoms with Crippen molar-refractivity contribution in [1.29, 1.82) is 0 Å². The molecular formula is C10H19N3. The van der Waals surface area contributed by atoms with Crippen LogP contribution in [-0.4, -0.2) is 16.8 Å². The Kier molecular flexibility index (Phi) is 1.71. The van der Waals surface area contributed by atoms with Gasteiger partial charge in [-0.15, -0.1) is 0 Å². The number of rotatable bonds is 0. The SMILES string of the molecule is CC12CCC(/C(=N/N)C1)C(C)(C)N2. The zero-order chi connectivity index (χ0) is 9.69. The molecule has 0 aromatic rings. The highest BCUT2D eigenvalue weighted by Crippen LogP contribution is 2.42. The molecule has 2 unspecified atom stereocenters. The molecule has 3 aliphatic rings. The molecule has 1 saturated carbocycles. The van der Waals surface area contributed by atoms with Gasteiger partial charge in [0, 0.05) is 29.1 Å². The molecule has 0 spiro atoms. The van der Waals surface area contributed by atoms with Gasteiger partial charge in [-0.2, -0.15) is 5.10 Å². The predicted molar refractivity (Wildman–Crippen MR) is 54.6 cm³/mol. The highest BCUT2D eigenvalue weighted by Gasteiger charge is 2.50. The van der Waals surface area contributed by atoms with Gasteiger partial charge in [-0.05, 0) is 33.6 Å². The molecule has 1 aliphatic carbocycles. The van der Waals surface area contributed by atoms with E-state index in [1.807, 2.05) is 0 Å². The summed E-state index contributed by atoms with van der Waals surface area (Å²) in [7, 11) is 0. The number of hydrogen-bond acceptors (Lipinski definition) is 3. The summed E-state index contributed by atoms with van der Waals surface area (Å²) in [5.74, 6) is 5.97. The fourth-order valence-electron chi connectivity index (χ4n) is 3.13. The van der Waals surface area contributed by atoms with Gasteiger partial charge < -0.3 is 11.2 Å². The van der Waals surface area contributed by atoms with E-state index in [4.69, 9.17) is 5.84 Å². The quantitative estimate of drug-likeness (QED) is 0.436. The molecule has 0 radical (unpaired) electrons. The Labute approximate surface area is 79.8 Å². The Morgan fingerprint density at radius 3 is 2.62 bits per heavy atom. The van der Waals surface area contributed by atoms with Crippen LogP contribution in [0.2, 0.25) is 0 Å². The van der Waals surface area contributed by atoms with Gasteiger partial charge >= 0.3 is 0 Å². The van der Waals surface area contributed by atoms with E-state index in [1.54, 1.807) is 0 Å². The van der Waals surface area contributed by atoms with Crippen molar-refractivity contribution in [2.75, 3.05) is 0 Å². The van der Waals surface area contributed by atoms with Gasteiger partial charge in [0.25, 0.3) is 0 Å². The van der Waals surface area contributed by atoms with E-state index in [0.29, 0.717) is 5.92 Å². The van der Waals surface area contributed by atoms with Crippen molar-refractivity contribution in [1.82, 2.24) is 5.32 Å². The van der Waals surface area contributed by atoms with E-state index in [2.05, 4.69) is 31.2 Å². The fourth-order valence-corrected chi connectivity index (χ4v) is 3.13. The summed E-state index contributed by atoms with van der Waals surface area (Å²) in [6.45, 7) is 6.77. The maximum absolute atomic E-state index is 5.43. The van der Waals surface area contributed by atoms with E-state index < -0.39 is 0 Å². The van der Waals surface area contributed by atoms with Crippen LogP contribution in [0.3, 0.4) is 0 Å². The number of fused-ring (bicyclic) bond motifs is 3. The number of nitrogens with two attached hydrogens (primary N) is 1. The first-order valence-electron chi connectivity index (χ1n) is 5.03. The van der Waals surface area contributed by atoms with Crippen molar-refractivity contribution in [3.05, 3.63) is 0 Å². The molecule has 0 aromatic heterocycles. The summed E-state index contributed by atoms with van der Waals surface area (Å²) in [6, 6.07) is 0. The summed E-state index contributed by atoms with van der Waals surface area (Å²) < 4.78 is 0. The summed E-state index contributed by atoms with van der Waals surface area (Å²) >= 11 is 0. The number of hydrazone groups is 1. The standard InChI is InChI=1S/C10H19N3/c1-9(2)7-4-5-10(3,13-9)6-8(7)12-11/h7,13H,4-6,11H2,1-3H3/b12-8+. The van der Waals surface area contributed by atoms with Crippen LogP contribution in [0.25, 0.3) is 0 Å². The molecule has 3 N–H and O–H groups in total. The highest BCUT2D eigenvalue weighted by atomic mass is 15.2. The second-order valence-electron chi connectivity index (χ2n) is 5.30. The molecule has 2 heterocycles. The molecule has 3 fully saturated rings. The summed E-state index contributed by atoms with van der Waals surface area (Å²) in [6.07, 6.45) is 3.50. The zero-order valence-electron chi connectivity index (χ0n) is 8.72. The van der Waals surface area contributed by atoms with Gasteiger partial charge in [-0.25, -0.2) is 0 Å². The van der Waals surface area contributed by atoms with Crippen molar-refractivity contribution in [3.63, 3.8) is 0 Å². The van der Waals surface area contributed by atoms with Gasteiger partial charge in [0.15, 0.2) is 0 Å². The number of hydrogen-bond donors (Lipinski definition) is 2. The summed E-state index contributed by atoms with van der Waals surface area (Å²) in [5.41, 5.74) is 1.61. The molecule has 3 nitrogen and oxygen atoms in total. The summed E-state index contributed by atoms with van der Waals surface area (Å²) in [4.78, 5) is 0. The third kappa shape index (κ3) is 1.26. The van der Waals surface area contributed by atoms with E-state index in [9.17, 15) is 0 Å².